The molecule has 0 bridgehead atoms. The predicted molar refractivity (Wildman–Crippen MR) is 78.8 cm³/mol. The quantitative estimate of drug-likeness (QED) is 0.831. The molecular weight excluding hydrogens is 218 g/mol. The van der Waals surface area contributed by atoms with Crippen LogP contribution in [0, 0.1) is 19.3 Å². The van der Waals surface area contributed by atoms with Gasteiger partial charge in [0.2, 0.25) is 0 Å². The van der Waals surface area contributed by atoms with Gasteiger partial charge in [0.15, 0.2) is 0 Å². The van der Waals surface area contributed by atoms with Crippen molar-refractivity contribution >= 4 is 0 Å². The summed E-state index contributed by atoms with van der Waals surface area (Å²) in [5.41, 5.74) is 4.75. The highest BCUT2D eigenvalue weighted by molar-refractivity contribution is 5.30. The summed E-state index contributed by atoms with van der Waals surface area (Å²) < 4.78 is 0. The van der Waals surface area contributed by atoms with Crippen LogP contribution in [0.1, 0.15) is 55.7 Å². The second-order valence-electron chi connectivity index (χ2n) is 6.40. The lowest BCUT2D eigenvalue weighted by atomic mass is 9.76. The van der Waals surface area contributed by atoms with Gasteiger partial charge in [-0.15, -0.1) is 0 Å². The van der Waals surface area contributed by atoms with Crippen LogP contribution in [0.5, 0.6) is 0 Å². The summed E-state index contributed by atoms with van der Waals surface area (Å²) in [5.74, 6) is 0. The molecule has 1 aliphatic rings. The first-order chi connectivity index (χ1) is 8.59. The minimum Gasteiger partial charge on any atom is -0.312 e. The molecule has 0 spiro atoms. The number of hydrogen-bond donors (Lipinski definition) is 1. The monoisotopic (exact) mass is 245 g/mol. The highest BCUT2D eigenvalue weighted by Gasteiger charge is 2.25. The third kappa shape index (κ3) is 3.58. The second-order valence-corrected chi connectivity index (χ2v) is 6.40. The Kier molecular flexibility index (Phi) is 4.45. The zero-order valence-electron chi connectivity index (χ0n) is 12.2. The Hall–Kier alpha value is -0.820. The van der Waals surface area contributed by atoms with Gasteiger partial charge in [0.25, 0.3) is 0 Å². The van der Waals surface area contributed by atoms with E-state index in [9.17, 15) is 0 Å². The van der Waals surface area contributed by atoms with E-state index in [1.165, 1.54) is 55.3 Å². The second kappa shape index (κ2) is 5.88. The summed E-state index contributed by atoms with van der Waals surface area (Å²) >= 11 is 0. The molecule has 1 aliphatic carbocycles. The van der Waals surface area contributed by atoms with Crippen LogP contribution in [0.25, 0.3) is 0 Å². The lowest BCUT2D eigenvalue weighted by Gasteiger charge is -2.33. The van der Waals surface area contributed by atoms with Gasteiger partial charge in [0.05, 0.1) is 0 Å². The molecule has 1 aromatic rings. The number of benzene rings is 1. The molecule has 0 atom stereocenters. The zero-order chi connectivity index (χ0) is 13.0. The standard InChI is InChI=1S/C17H27N/c1-14-7-8-16(15(2)11-14)12-18-13-17(3)9-5-4-6-10-17/h7-8,11,18H,4-6,9-10,12-13H2,1-3H3. The number of aryl methyl sites for hydroxylation is 2. The smallest absolute Gasteiger partial charge is 0.0208 e. The van der Waals surface area contributed by atoms with Crippen molar-refractivity contribution in [3.63, 3.8) is 0 Å². The molecule has 0 unspecified atom stereocenters. The molecule has 0 amide bonds. The van der Waals surface area contributed by atoms with E-state index in [1.807, 2.05) is 0 Å². The summed E-state index contributed by atoms with van der Waals surface area (Å²) in [6.07, 6.45) is 7.07. The van der Waals surface area contributed by atoms with Crippen molar-refractivity contribution in [3.05, 3.63) is 34.9 Å². The normalized spacial score (nSPS) is 18.8. The fraction of sp³-hybridized carbons (Fsp3) is 0.647. The number of hydrogen-bond acceptors (Lipinski definition) is 1. The summed E-state index contributed by atoms with van der Waals surface area (Å²) in [5, 5.41) is 3.67. The Labute approximate surface area is 112 Å². The summed E-state index contributed by atoms with van der Waals surface area (Å²) in [7, 11) is 0. The van der Waals surface area contributed by atoms with Crippen LogP contribution in [0.2, 0.25) is 0 Å². The van der Waals surface area contributed by atoms with E-state index in [0.717, 1.165) is 6.54 Å². The van der Waals surface area contributed by atoms with Gasteiger partial charge in [0, 0.05) is 13.1 Å². The van der Waals surface area contributed by atoms with E-state index in [2.05, 4.69) is 44.3 Å². The lowest BCUT2D eigenvalue weighted by molar-refractivity contribution is 0.207. The maximum Gasteiger partial charge on any atom is 0.0208 e. The van der Waals surface area contributed by atoms with Crippen molar-refractivity contribution < 1.29 is 0 Å². The fourth-order valence-electron chi connectivity index (χ4n) is 3.13. The molecule has 1 fully saturated rings. The summed E-state index contributed by atoms with van der Waals surface area (Å²) in [6, 6.07) is 6.76. The largest absolute Gasteiger partial charge is 0.312 e. The van der Waals surface area contributed by atoms with Gasteiger partial charge in [-0.2, -0.15) is 0 Å². The molecule has 0 radical (unpaired) electrons. The molecule has 1 saturated carbocycles. The Morgan fingerprint density at radius 1 is 1.11 bits per heavy atom. The van der Waals surface area contributed by atoms with E-state index in [-0.39, 0.29) is 0 Å². The van der Waals surface area contributed by atoms with Gasteiger partial charge in [0.1, 0.15) is 0 Å². The highest BCUT2D eigenvalue weighted by atomic mass is 14.9. The maximum absolute atomic E-state index is 3.67. The molecule has 2 rings (SSSR count). The van der Waals surface area contributed by atoms with Crippen LogP contribution in [0.3, 0.4) is 0 Å². The van der Waals surface area contributed by atoms with E-state index in [0.29, 0.717) is 5.41 Å². The van der Waals surface area contributed by atoms with Crippen molar-refractivity contribution in [2.75, 3.05) is 6.54 Å². The molecule has 0 saturated heterocycles. The van der Waals surface area contributed by atoms with E-state index in [4.69, 9.17) is 0 Å². The first-order valence-electron chi connectivity index (χ1n) is 7.36. The topological polar surface area (TPSA) is 12.0 Å². The molecule has 0 aromatic heterocycles. The molecule has 1 aromatic carbocycles. The van der Waals surface area contributed by atoms with Crippen molar-refractivity contribution in [3.8, 4) is 0 Å². The molecule has 1 N–H and O–H groups in total. The van der Waals surface area contributed by atoms with E-state index in [1.54, 1.807) is 0 Å². The summed E-state index contributed by atoms with van der Waals surface area (Å²) in [4.78, 5) is 0. The van der Waals surface area contributed by atoms with Crippen LogP contribution in [0.15, 0.2) is 18.2 Å². The maximum atomic E-state index is 3.67. The van der Waals surface area contributed by atoms with Gasteiger partial charge >= 0.3 is 0 Å². The van der Waals surface area contributed by atoms with Crippen molar-refractivity contribution in [2.24, 2.45) is 5.41 Å². The van der Waals surface area contributed by atoms with E-state index < -0.39 is 0 Å². The Morgan fingerprint density at radius 2 is 1.83 bits per heavy atom. The van der Waals surface area contributed by atoms with Crippen LogP contribution in [-0.2, 0) is 6.54 Å². The number of rotatable bonds is 4. The number of nitrogens with one attached hydrogen (secondary N) is 1. The minimum atomic E-state index is 0.539. The fourth-order valence-corrected chi connectivity index (χ4v) is 3.13. The Morgan fingerprint density at radius 3 is 2.50 bits per heavy atom. The first-order valence-corrected chi connectivity index (χ1v) is 7.36. The zero-order valence-corrected chi connectivity index (χ0v) is 12.2. The minimum absolute atomic E-state index is 0.539. The first kappa shape index (κ1) is 13.6. The van der Waals surface area contributed by atoms with E-state index >= 15 is 0 Å². The Balaban J connectivity index is 1.84. The highest BCUT2D eigenvalue weighted by Crippen LogP contribution is 2.34. The van der Waals surface area contributed by atoms with Gasteiger partial charge in [-0.1, -0.05) is 49.9 Å². The average Bonchev–Trinajstić information content (AvgIpc) is 2.33. The molecule has 0 aliphatic heterocycles. The van der Waals surface area contributed by atoms with Gasteiger partial charge in [-0.05, 0) is 43.2 Å². The van der Waals surface area contributed by atoms with Gasteiger partial charge < -0.3 is 5.32 Å². The van der Waals surface area contributed by atoms with Gasteiger partial charge in [-0.3, -0.25) is 0 Å². The molecule has 100 valence electrons. The van der Waals surface area contributed by atoms with Crippen LogP contribution in [-0.4, -0.2) is 6.54 Å². The molecular formula is C17H27N. The van der Waals surface area contributed by atoms with Crippen LogP contribution < -0.4 is 5.32 Å². The molecule has 1 heteroatoms. The van der Waals surface area contributed by atoms with Crippen LogP contribution >= 0.6 is 0 Å². The van der Waals surface area contributed by atoms with Crippen molar-refractivity contribution in [1.82, 2.24) is 5.32 Å². The lowest BCUT2D eigenvalue weighted by Crippen LogP contribution is -2.33. The van der Waals surface area contributed by atoms with Gasteiger partial charge in [-0.25, -0.2) is 0 Å². The molecule has 1 nitrogen and oxygen atoms in total. The summed E-state index contributed by atoms with van der Waals surface area (Å²) in [6.45, 7) is 9.00. The third-order valence-corrected chi connectivity index (χ3v) is 4.43. The average molecular weight is 245 g/mol. The molecule has 18 heavy (non-hydrogen) atoms. The molecule has 0 heterocycles. The van der Waals surface area contributed by atoms with Crippen LogP contribution in [0.4, 0.5) is 0 Å². The van der Waals surface area contributed by atoms with Crippen molar-refractivity contribution in [2.45, 2.75) is 59.4 Å². The van der Waals surface area contributed by atoms with Crippen molar-refractivity contribution in [1.29, 1.82) is 0 Å². The predicted octanol–water partition coefficient (Wildman–Crippen LogP) is 4.36. The Bertz CT molecular complexity index is 389. The SMILES string of the molecule is Cc1ccc(CNCC2(C)CCCCC2)c(C)c1. The third-order valence-electron chi connectivity index (χ3n) is 4.43.